The van der Waals surface area contributed by atoms with E-state index in [1.807, 2.05) is 93.6 Å². The van der Waals surface area contributed by atoms with Crippen molar-refractivity contribution >= 4 is 51.4 Å². The van der Waals surface area contributed by atoms with Gasteiger partial charge in [-0.2, -0.15) is 0 Å². The van der Waals surface area contributed by atoms with Gasteiger partial charge in [-0.3, -0.25) is 18.9 Å². The molecule has 9 heteroatoms. The third kappa shape index (κ3) is 7.27. The van der Waals surface area contributed by atoms with Gasteiger partial charge in [-0.25, -0.2) is 9.78 Å². The van der Waals surface area contributed by atoms with E-state index in [0.29, 0.717) is 17.9 Å². The Balaban J connectivity index is 0.00000405. The van der Waals surface area contributed by atoms with Crippen molar-refractivity contribution in [3.8, 4) is 39.4 Å². The van der Waals surface area contributed by atoms with Crippen LogP contribution >= 0.6 is 0 Å². The van der Waals surface area contributed by atoms with Gasteiger partial charge in [-0.1, -0.05) is 79.2 Å². The van der Waals surface area contributed by atoms with Crippen LogP contribution in [-0.4, -0.2) is 77.2 Å². The fourth-order valence-electron chi connectivity index (χ4n) is 4.97. The van der Waals surface area contributed by atoms with Gasteiger partial charge in [0.25, 0.3) is 5.56 Å². The summed E-state index contributed by atoms with van der Waals surface area (Å²) in [5.74, 6) is 1.34. The van der Waals surface area contributed by atoms with Crippen molar-refractivity contribution in [1.29, 1.82) is 0 Å². The van der Waals surface area contributed by atoms with Crippen molar-refractivity contribution in [3.05, 3.63) is 111 Å². The van der Waals surface area contributed by atoms with Gasteiger partial charge in [0, 0.05) is 12.0 Å². The van der Waals surface area contributed by atoms with Gasteiger partial charge < -0.3 is 4.74 Å². The molecular formula is C33H35KN4O4. The summed E-state index contributed by atoms with van der Waals surface area (Å²) in [7, 11) is 0. The summed E-state index contributed by atoms with van der Waals surface area (Å²) < 4.78 is 12.3. The second-order valence-corrected chi connectivity index (χ2v) is 10.4. The quantitative estimate of drug-likeness (QED) is 0.208. The molecule has 0 bridgehead atoms. The zero-order chi connectivity index (χ0) is 28.9. The predicted octanol–water partition coefficient (Wildman–Crippen LogP) is 5.76. The molecule has 3 aromatic carbocycles. The van der Waals surface area contributed by atoms with Crippen LogP contribution in [0.1, 0.15) is 50.7 Å². The Morgan fingerprint density at radius 1 is 0.929 bits per heavy atom. The van der Waals surface area contributed by atoms with Gasteiger partial charge in [-0.05, 0) is 61.6 Å². The van der Waals surface area contributed by atoms with E-state index in [0.717, 1.165) is 64.3 Å². The molecule has 1 N–H and O–H groups in total. The number of hydrogen-bond acceptors (Lipinski definition) is 6. The van der Waals surface area contributed by atoms with Crippen molar-refractivity contribution < 1.29 is 9.26 Å². The number of benzene rings is 3. The van der Waals surface area contributed by atoms with Crippen LogP contribution in [0.5, 0.6) is 5.75 Å². The van der Waals surface area contributed by atoms with Crippen LogP contribution in [0.15, 0.2) is 86.9 Å². The van der Waals surface area contributed by atoms with Gasteiger partial charge >= 0.3 is 57.1 Å². The van der Waals surface area contributed by atoms with Crippen LogP contribution in [0, 0.1) is 6.92 Å². The average Bonchev–Trinajstić information content (AvgIpc) is 3.40. The number of aromatic nitrogens is 4. The van der Waals surface area contributed by atoms with E-state index in [4.69, 9.17) is 14.2 Å². The molecule has 0 unspecified atom stereocenters. The molecule has 212 valence electrons. The second-order valence-electron chi connectivity index (χ2n) is 10.4. The van der Waals surface area contributed by atoms with Crippen molar-refractivity contribution in [1.82, 2.24) is 19.7 Å². The molecule has 0 radical (unpaired) electrons. The van der Waals surface area contributed by atoms with E-state index in [-0.39, 0.29) is 63.0 Å². The normalized spacial score (nSPS) is 11.0. The molecule has 0 amide bonds. The maximum atomic E-state index is 14.0. The molecule has 5 aromatic rings. The first kappa shape index (κ1) is 31.8. The van der Waals surface area contributed by atoms with E-state index < -0.39 is 5.76 Å². The van der Waals surface area contributed by atoms with Crippen molar-refractivity contribution in [2.75, 3.05) is 0 Å². The number of rotatable bonds is 10. The standard InChI is InChI=1S/C33H34N4O4.K.H/c1-5-6-11-29-34-22(4)30(25-16-18-26(19-17-25)40-21(2)3)32(38)37(29)20-23-12-14-24(15-13-23)27-9-7-8-10-28(27)31-35-33(39)41-36-31;;/h7-10,12-19,21H,5-6,11,20H2,1-4H3,(H,35,36,39);;. The number of nitrogens with zero attached hydrogens (tertiary/aromatic N) is 3. The summed E-state index contributed by atoms with van der Waals surface area (Å²) in [6, 6.07) is 23.4. The van der Waals surface area contributed by atoms with E-state index in [2.05, 4.69) is 17.1 Å². The minimum atomic E-state index is -0.597. The van der Waals surface area contributed by atoms with E-state index >= 15 is 0 Å². The number of unbranched alkanes of at least 4 members (excludes halogenated alkanes) is 1. The molecule has 0 fully saturated rings. The third-order valence-electron chi connectivity index (χ3n) is 6.93. The monoisotopic (exact) mass is 590 g/mol. The first-order valence-corrected chi connectivity index (χ1v) is 14.0. The molecule has 8 nitrogen and oxygen atoms in total. The van der Waals surface area contributed by atoms with Gasteiger partial charge in [-0.15, -0.1) is 0 Å². The molecule has 2 aromatic heterocycles. The van der Waals surface area contributed by atoms with Gasteiger partial charge in [0.15, 0.2) is 5.82 Å². The zero-order valence-electron chi connectivity index (χ0n) is 23.8. The second kappa shape index (κ2) is 14.4. The van der Waals surface area contributed by atoms with Gasteiger partial charge in [0.1, 0.15) is 11.6 Å². The first-order chi connectivity index (χ1) is 19.8. The molecule has 0 saturated heterocycles. The molecule has 0 aliphatic rings. The van der Waals surface area contributed by atoms with Crippen molar-refractivity contribution in [3.63, 3.8) is 0 Å². The predicted molar refractivity (Wildman–Crippen MR) is 167 cm³/mol. The number of aromatic amines is 1. The SMILES string of the molecule is CCCCc1nc(C)c(-c2ccc(OC(C)C)cc2)c(=O)n1Cc1ccc(-c2ccccc2-c2noc(=O)[nH]2)cc1.[KH]. The van der Waals surface area contributed by atoms with Gasteiger partial charge in [0.2, 0.25) is 0 Å². The fraction of sp³-hybridized carbons (Fsp3) is 0.273. The molecular weight excluding hydrogens is 555 g/mol. The fourth-order valence-corrected chi connectivity index (χ4v) is 4.97. The summed E-state index contributed by atoms with van der Waals surface area (Å²) in [4.78, 5) is 33.0. The number of ether oxygens (including phenoxy) is 1. The summed E-state index contributed by atoms with van der Waals surface area (Å²) >= 11 is 0. The Kier molecular flexibility index (Phi) is 10.9. The van der Waals surface area contributed by atoms with Crippen LogP contribution in [0.25, 0.3) is 33.6 Å². The molecule has 0 aliphatic carbocycles. The zero-order valence-corrected chi connectivity index (χ0v) is 23.8. The molecule has 2 heterocycles. The molecule has 5 rings (SSSR count). The van der Waals surface area contributed by atoms with Crippen LogP contribution in [0.2, 0.25) is 0 Å². The molecule has 42 heavy (non-hydrogen) atoms. The Bertz CT molecular complexity index is 1750. The number of H-pyrrole nitrogens is 1. The Morgan fingerprint density at radius 2 is 1.60 bits per heavy atom. The molecule has 0 saturated carbocycles. The topological polar surface area (TPSA) is 103 Å². The van der Waals surface area contributed by atoms with Crippen molar-refractivity contribution in [2.24, 2.45) is 0 Å². The van der Waals surface area contributed by atoms with Crippen LogP contribution in [0.3, 0.4) is 0 Å². The van der Waals surface area contributed by atoms with Crippen molar-refractivity contribution in [2.45, 2.75) is 59.6 Å². The Labute approximate surface area is 287 Å². The molecule has 0 atom stereocenters. The number of nitrogens with one attached hydrogen (secondary N) is 1. The van der Waals surface area contributed by atoms with Crippen LogP contribution < -0.4 is 16.1 Å². The minimum absolute atomic E-state index is 0. The third-order valence-corrected chi connectivity index (χ3v) is 6.93. The maximum absolute atomic E-state index is 14.0. The Hall–Kier alpha value is -3.08. The van der Waals surface area contributed by atoms with Crippen LogP contribution in [-0.2, 0) is 13.0 Å². The summed E-state index contributed by atoms with van der Waals surface area (Å²) in [5, 5.41) is 3.85. The summed E-state index contributed by atoms with van der Waals surface area (Å²) in [6.07, 6.45) is 2.77. The van der Waals surface area contributed by atoms with E-state index in [1.54, 1.807) is 4.57 Å². The summed E-state index contributed by atoms with van der Waals surface area (Å²) in [5.41, 5.74) is 5.72. The van der Waals surface area contributed by atoms with E-state index in [1.165, 1.54) is 0 Å². The van der Waals surface area contributed by atoms with Crippen LogP contribution in [0.4, 0.5) is 0 Å². The molecule has 0 spiro atoms. The number of aryl methyl sites for hydroxylation is 2. The van der Waals surface area contributed by atoms with E-state index in [9.17, 15) is 9.59 Å². The van der Waals surface area contributed by atoms with Gasteiger partial charge in [0.05, 0.1) is 23.9 Å². The number of hydrogen-bond donors (Lipinski definition) is 1. The average molecular weight is 591 g/mol. The first-order valence-electron chi connectivity index (χ1n) is 14.0. The Morgan fingerprint density at radius 3 is 2.21 bits per heavy atom. The summed E-state index contributed by atoms with van der Waals surface area (Å²) in [6.45, 7) is 8.42. The molecule has 0 aliphatic heterocycles.